The molecular formula is C10H19N5O2S. The molecule has 0 atom stereocenters. The van der Waals surface area contributed by atoms with Crippen LogP contribution in [0, 0.1) is 0 Å². The molecule has 102 valence electrons. The van der Waals surface area contributed by atoms with E-state index in [0.29, 0.717) is 13.1 Å². The van der Waals surface area contributed by atoms with E-state index in [2.05, 4.69) is 25.3 Å². The zero-order chi connectivity index (χ0) is 13.6. The van der Waals surface area contributed by atoms with Crippen LogP contribution in [0.1, 0.15) is 12.5 Å². The van der Waals surface area contributed by atoms with Crippen LogP contribution in [0.4, 0.5) is 11.6 Å². The molecule has 1 aromatic heterocycles. The second-order valence-electron chi connectivity index (χ2n) is 3.75. The first-order valence-corrected chi connectivity index (χ1v) is 7.57. The average molecular weight is 273 g/mol. The lowest BCUT2D eigenvalue weighted by molar-refractivity contribution is 0.589. The zero-order valence-electron chi connectivity index (χ0n) is 10.8. The van der Waals surface area contributed by atoms with E-state index in [-0.39, 0.29) is 0 Å². The predicted octanol–water partition coefficient (Wildman–Crippen LogP) is 0.0418. The summed E-state index contributed by atoms with van der Waals surface area (Å²) >= 11 is 0. The Morgan fingerprint density at radius 3 is 2.44 bits per heavy atom. The van der Waals surface area contributed by atoms with Crippen molar-refractivity contribution >= 4 is 21.7 Å². The van der Waals surface area contributed by atoms with Gasteiger partial charge in [-0.15, -0.1) is 0 Å². The highest BCUT2D eigenvalue weighted by Gasteiger charge is 2.08. The Morgan fingerprint density at radius 2 is 1.89 bits per heavy atom. The van der Waals surface area contributed by atoms with Crippen molar-refractivity contribution in [2.24, 2.45) is 0 Å². The molecule has 1 heterocycles. The Kier molecular flexibility index (Phi) is 5.29. The highest BCUT2D eigenvalue weighted by atomic mass is 32.2. The van der Waals surface area contributed by atoms with Crippen LogP contribution in [0.5, 0.6) is 0 Å². The Hall–Kier alpha value is -1.41. The van der Waals surface area contributed by atoms with E-state index < -0.39 is 10.0 Å². The molecule has 0 fully saturated rings. The summed E-state index contributed by atoms with van der Waals surface area (Å²) in [6.45, 7) is 2.81. The maximum absolute atomic E-state index is 10.9. The predicted molar refractivity (Wildman–Crippen MR) is 72.3 cm³/mol. The van der Waals surface area contributed by atoms with E-state index in [1.54, 1.807) is 7.05 Å². The van der Waals surface area contributed by atoms with Crippen LogP contribution in [0.3, 0.4) is 0 Å². The van der Waals surface area contributed by atoms with Gasteiger partial charge in [0, 0.05) is 25.7 Å². The van der Waals surface area contributed by atoms with Gasteiger partial charge in [0.25, 0.3) is 0 Å². The maximum atomic E-state index is 10.9. The summed E-state index contributed by atoms with van der Waals surface area (Å²) in [6.07, 6.45) is 3.39. The van der Waals surface area contributed by atoms with Gasteiger partial charge in [0.1, 0.15) is 18.0 Å². The molecule has 0 amide bonds. The lowest BCUT2D eigenvalue weighted by atomic mass is 10.2. The second-order valence-corrected chi connectivity index (χ2v) is 5.58. The van der Waals surface area contributed by atoms with Crippen molar-refractivity contribution in [2.75, 3.05) is 37.0 Å². The summed E-state index contributed by atoms with van der Waals surface area (Å²) in [6, 6.07) is 0. The van der Waals surface area contributed by atoms with Gasteiger partial charge in [0.15, 0.2) is 0 Å². The number of nitrogens with one attached hydrogen (secondary N) is 3. The third-order valence-electron chi connectivity index (χ3n) is 2.32. The number of rotatable bonds is 7. The molecule has 18 heavy (non-hydrogen) atoms. The van der Waals surface area contributed by atoms with Crippen LogP contribution in [0.25, 0.3) is 0 Å². The monoisotopic (exact) mass is 273 g/mol. The van der Waals surface area contributed by atoms with Gasteiger partial charge in [-0.2, -0.15) is 0 Å². The van der Waals surface area contributed by atoms with Crippen molar-refractivity contribution in [3.05, 3.63) is 11.9 Å². The van der Waals surface area contributed by atoms with E-state index >= 15 is 0 Å². The van der Waals surface area contributed by atoms with E-state index in [1.807, 2.05) is 6.92 Å². The number of nitrogens with zero attached hydrogens (tertiary/aromatic N) is 2. The van der Waals surface area contributed by atoms with Gasteiger partial charge < -0.3 is 10.6 Å². The van der Waals surface area contributed by atoms with Crippen LogP contribution in [-0.2, 0) is 16.4 Å². The van der Waals surface area contributed by atoms with Crippen molar-refractivity contribution < 1.29 is 8.42 Å². The lowest BCUT2D eigenvalue weighted by Crippen LogP contribution is -2.28. The molecule has 1 rings (SSSR count). The van der Waals surface area contributed by atoms with Crippen molar-refractivity contribution in [1.82, 2.24) is 14.7 Å². The van der Waals surface area contributed by atoms with E-state index in [1.165, 1.54) is 6.33 Å². The van der Waals surface area contributed by atoms with Crippen LogP contribution >= 0.6 is 0 Å². The van der Waals surface area contributed by atoms with Crippen molar-refractivity contribution in [1.29, 1.82) is 0 Å². The van der Waals surface area contributed by atoms with Crippen molar-refractivity contribution in [3.63, 3.8) is 0 Å². The number of hydrogen-bond donors (Lipinski definition) is 3. The number of anilines is 2. The Labute approximate surface area is 107 Å². The summed E-state index contributed by atoms with van der Waals surface area (Å²) in [5, 5.41) is 6.09. The highest BCUT2D eigenvalue weighted by Crippen LogP contribution is 2.19. The Bertz CT molecular complexity index is 489. The van der Waals surface area contributed by atoms with Gasteiger partial charge in [-0.25, -0.2) is 23.1 Å². The minimum atomic E-state index is -3.14. The van der Waals surface area contributed by atoms with Gasteiger partial charge in [0.05, 0.1) is 6.26 Å². The minimum absolute atomic E-state index is 0.320. The molecule has 8 heteroatoms. The fourth-order valence-corrected chi connectivity index (χ4v) is 2.01. The van der Waals surface area contributed by atoms with Crippen molar-refractivity contribution in [2.45, 2.75) is 13.3 Å². The largest absolute Gasteiger partial charge is 0.373 e. The first-order chi connectivity index (χ1) is 8.48. The summed E-state index contributed by atoms with van der Waals surface area (Å²) in [5.41, 5.74) is 0.986. The zero-order valence-corrected chi connectivity index (χ0v) is 11.6. The Morgan fingerprint density at radius 1 is 1.22 bits per heavy atom. The molecule has 0 spiro atoms. The molecule has 0 saturated carbocycles. The van der Waals surface area contributed by atoms with Gasteiger partial charge in [-0.05, 0) is 6.42 Å². The van der Waals surface area contributed by atoms with Gasteiger partial charge in [-0.1, -0.05) is 6.92 Å². The van der Waals surface area contributed by atoms with E-state index in [9.17, 15) is 8.42 Å². The molecule has 0 bridgehead atoms. The highest BCUT2D eigenvalue weighted by molar-refractivity contribution is 7.88. The molecule has 1 aromatic rings. The first kappa shape index (κ1) is 14.7. The molecule has 0 aromatic carbocycles. The molecular weight excluding hydrogens is 254 g/mol. The summed E-state index contributed by atoms with van der Waals surface area (Å²) < 4.78 is 24.2. The van der Waals surface area contributed by atoms with Crippen LogP contribution in [-0.4, -0.2) is 44.8 Å². The number of sulfonamides is 1. The van der Waals surface area contributed by atoms with Crippen molar-refractivity contribution in [3.8, 4) is 0 Å². The number of hydrogen-bond acceptors (Lipinski definition) is 6. The first-order valence-electron chi connectivity index (χ1n) is 5.68. The van der Waals surface area contributed by atoms with E-state index in [0.717, 1.165) is 29.9 Å². The standard InChI is InChI=1S/C10H19N5O2S/c1-4-8-9(11-2)13-7-14-10(8)12-5-6-15-18(3,16)17/h7,15H,4-6H2,1-3H3,(H2,11,12,13,14). The molecule has 0 saturated heterocycles. The quantitative estimate of drug-likeness (QED) is 0.607. The normalized spacial score (nSPS) is 11.3. The smallest absolute Gasteiger partial charge is 0.208 e. The topological polar surface area (TPSA) is 96.0 Å². The molecule has 0 aliphatic rings. The molecule has 0 radical (unpaired) electrons. The van der Waals surface area contributed by atoms with Crippen LogP contribution in [0.2, 0.25) is 0 Å². The summed E-state index contributed by atoms with van der Waals surface area (Å²) in [4.78, 5) is 8.28. The maximum Gasteiger partial charge on any atom is 0.208 e. The summed E-state index contributed by atoms with van der Waals surface area (Å²) in [5.74, 6) is 1.51. The van der Waals surface area contributed by atoms with Gasteiger partial charge >= 0.3 is 0 Å². The average Bonchev–Trinajstić information content (AvgIpc) is 2.32. The van der Waals surface area contributed by atoms with Crippen LogP contribution < -0.4 is 15.4 Å². The molecule has 0 aliphatic carbocycles. The lowest BCUT2D eigenvalue weighted by Gasteiger charge is -2.12. The fraction of sp³-hybridized carbons (Fsp3) is 0.600. The second kappa shape index (κ2) is 6.50. The molecule has 0 unspecified atom stereocenters. The fourth-order valence-electron chi connectivity index (χ4n) is 1.53. The van der Waals surface area contributed by atoms with Gasteiger partial charge in [0.2, 0.25) is 10.0 Å². The SMILES string of the molecule is CCc1c(NC)ncnc1NCCNS(C)(=O)=O. The molecule has 3 N–H and O–H groups in total. The number of aromatic nitrogens is 2. The third kappa shape index (κ3) is 4.46. The minimum Gasteiger partial charge on any atom is -0.373 e. The van der Waals surface area contributed by atoms with Gasteiger partial charge in [-0.3, -0.25) is 0 Å². The molecule has 0 aliphatic heterocycles. The van der Waals surface area contributed by atoms with E-state index in [4.69, 9.17) is 0 Å². The third-order valence-corrected chi connectivity index (χ3v) is 3.05. The van der Waals surface area contributed by atoms with Crippen LogP contribution in [0.15, 0.2) is 6.33 Å². The Balaban J connectivity index is 2.62. The molecule has 7 nitrogen and oxygen atoms in total. The summed E-state index contributed by atoms with van der Waals surface area (Å²) in [7, 11) is -1.34.